The zero-order valence-corrected chi connectivity index (χ0v) is 37.0. The fraction of sp³-hybridized carbons (Fsp3) is 0.314. The number of carbonyl (C=O) groups is 5. The minimum absolute atomic E-state index is 0.0766. The molecule has 0 fully saturated rings. The SMILES string of the molecule is C=C(C)C(=O)OCCCCCCOc1ccc(C(=O)Oc2ccc(-c3ccc(OCCOC(=O)C(=C)F)cc3)cc2)cc1.C=C(C)C(=O)OCCCCCCOc1ccc(OC=O)cc1. The Labute approximate surface area is 379 Å². The average Bonchev–Trinajstić information content (AvgIpc) is 3.30. The molecule has 0 radical (unpaired) electrons. The Bertz CT molecular complexity index is 2130. The summed E-state index contributed by atoms with van der Waals surface area (Å²) in [6.45, 7) is 15.6. The van der Waals surface area contributed by atoms with Crippen LogP contribution in [-0.2, 0) is 33.4 Å². The van der Waals surface area contributed by atoms with Crippen molar-refractivity contribution in [3.8, 4) is 39.9 Å². The first-order valence-corrected chi connectivity index (χ1v) is 21.1. The summed E-state index contributed by atoms with van der Waals surface area (Å²) in [4.78, 5) is 56.2. The number of benzene rings is 4. The van der Waals surface area contributed by atoms with Crippen LogP contribution in [0.2, 0.25) is 0 Å². The zero-order valence-electron chi connectivity index (χ0n) is 37.0. The van der Waals surface area contributed by atoms with Gasteiger partial charge in [0, 0.05) is 11.1 Å². The van der Waals surface area contributed by atoms with E-state index in [9.17, 15) is 28.4 Å². The van der Waals surface area contributed by atoms with E-state index >= 15 is 0 Å². The molecule has 4 aromatic carbocycles. The molecule has 65 heavy (non-hydrogen) atoms. The summed E-state index contributed by atoms with van der Waals surface area (Å²) in [5.74, 6) is -0.536. The Morgan fingerprint density at radius 1 is 0.462 bits per heavy atom. The van der Waals surface area contributed by atoms with Crippen LogP contribution in [0.1, 0.15) is 75.6 Å². The Balaban J connectivity index is 0.000000428. The number of hydrogen-bond donors (Lipinski definition) is 0. The standard InChI is InChI=1S/C34H35FO8.C17H22O5/c1-24(2)32(36)41-21-7-5-4-6-20-39-29-16-12-28(13-17-29)34(38)43-31-18-10-27(11-19-31)26-8-14-30(15-9-26)40-22-23-42-33(37)25(3)35;1-14(2)17(19)21-12-6-4-3-5-11-20-15-7-9-16(10-8-15)22-13-18/h8-19H,1,3-7,20-23H2,2H3;7-10,13H,1,3-6,11-12H2,2H3. The van der Waals surface area contributed by atoms with Crippen molar-refractivity contribution < 1.29 is 66.3 Å². The largest absolute Gasteiger partial charge is 0.494 e. The molecule has 0 unspecified atom stereocenters. The third-order valence-corrected chi connectivity index (χ3v) is 8.94. The predicted molar refractivity (Wildman–Crippen MR) is 243 cm³/mol. The van der Waals surface area contributed by atoms with Crippen LogP contribution in [0.5, 0.6) is 28.7 Å². The zero-order chi connectivity index (χ0) is 47.2. The fourth-order valence-corrected chi connectivity index (χ4v) is 5.43. The van der Waals surface area contributed by atoms with Crippen molar-refractivity contribution in [2.45, 2.75) is 65.2 Å². The Morgan fingerprint density at radius 3 is 1.26 bits per heavy atom. The summed E-state index contributed by atoms with van der Waals surface area (Å²) in [5, 5.41) is 0. The normalized spacial score (nSPS) is 10.2. The highest BCUT2D eigenvalue weighted by Crippen LogP contribution is 2.26. The summed E-state index contributed by atoms with van der Waals surface area (Å²) in [5.41, 5.74) is 3.07. The van der Waals surface area contributed by atoms with Gasteiger partial charge in [0.1, 0.15) is 42.0 Å². The highest BCUT2D eigenvalue weighted by Gasteiger charge is 2.11. The number of halogens is 1. The van der Waals surface area contributed by atoms with Gasteiger partial charge >= 0.3 is 23.9 Å². The number of ether oxygens (including phenoxy) is 8. The second-order valence-corrected chi connectivity index (χ2v) is 14.4. The smallest absolute Gasteiger partial charge is 0.366 e. The van der Waals surface area contributed by atoms with Crippen LogP contribution in [0, 0.1) is 0 Å². The second kappa shape index (κ2) is 30.0. The van der Waals surface area contributed by atoms with Gasteiger partial charge in [0.25, 0.3) is 6.47 Å². The second-order valence-electron chi connectivity index (χ2n) is 14.4. The van der Waals surface area contributed by atoms with Crippen molar-refractivity contribution in [3.05, 3.63) is 139 Å². The van der Waals surface area contributed by atoms with Gasteiger partial charge in [-0.2, -0.15) is 4.39 Å². The summed E-state index contributed by atoms with van der Waals surface area (Å²) in [7, 11) is 0. The van der Waals surface area contributed by atoms with Crippen molar-refractivity contribution in [1.82, 2.24) is 0 Å². The maximum absolute atomic E-state index is 12.6. The van der Waals surface area contributed by atoms with Crippen LogP contribution in [0.25, 0.3) is 11.1 Å². The van der Waals surface area contributed by atoms with Crippen molar-refractivity contribution in [1.29, 1.82) is 0 Å². The van der Waals surface area contributed by atoms with Gasteiger partial charge in [-0.15, -0.1) is 0 Å². The first-order valence-electron chi connectivity index (χ1n) is 21.1. The first-order chi connectivity index (χ1) is 31.4. The molecular formula is C51H57FO13. The van der Waals surface area contributed by atoms with Gasteiger partial charge in [-0.3, -0.25) is 4.79 Å². The van der Waals surface area contributed by atoms with Gasteiger partial charge in [0.15, 0.2) is 0 Å². The number of esters is 4. The maximum atomic E-state index is 12.6. The monoisotopic (exact) mass is 896 g/mol. The predicted octanol–water partition coefficient (Wildman–Crippen LogP) is 10.3. The van der Waals surface area contributed by atoms with Crippen LogP contribution in [-0.4, -0.2) is 70.0 Å². The molecule has 0 atom stereocenters. The Hall–Kier alpha value is -7.22. The van der Waals surface area contributed by atoms with Crippen molar-refractivity contribution in [3.63, 3.8) is 0 Å². The molecule has 13 nitrogen and oxygen atoms in total. The summed E-state index contributed by atoms with van der Waals surface area (Å²) in [6, 6.07) is 28.0. The molecule has 0 saturated carbocycles. The quantitative estimate of drug-likeness (QED) is 0.0132. The van der Waals surface area contributed by atoms with E-state index in [4.69, 9.17) is 33.2 Å². The third-order valence-electron chi connectivity index (χ3n) is 8.94. The molecule has 346 valence electrons. The lowest BCUT2D eigenvalue weighted by Gasteiger charge is -2.09. The lowest BCUT2D eigenvalue weighted by atomic mass is 10.1. The number of hydrogen-bond acceptors (Lipinski definition) is 13. The molecule has 14 heteroatoms. The van der Waals surface area contributed by atoms with E-state index in [-0.39, 0.29) is 25.2 Å². The van der Waals surface area contributed by atoms with Crippen molar-refractivity contribution in [2.75, 3.05) is 39.6 Å². The molecule has 0 aliphatic heterocycles. The summed E-state index contributed by atoms with van der Waals surface area (Å²) >= 11 is 0. The lowest BCUT2D eigenvalue weighted by molar-refractivity contribution is -0.141. The molecule has 0 aromatic heterocycles. The highest BCUT2D eigenvalue weighted by molar-refractivity contribution is 5.91. The highest BCUT2D eigenvalue weighted by atomic mass is 19.1. The molecular weight excluding hydrogens is 840 g/mol. The molecule has 4 aromatic rings. The topological polar surface area (TPSA) is 159 Å². The average molecular weight is 897 g/mol. The fourth-order valence-electron chi connectivity index (χ4n) is 5.43. The van der Waals surface area contributed by atoms with E-state index in [1.165, 1.54) is 0 Å². The van der Waals surface area contributed by atoms with Crippen LogP contribution in [0.15, 0.2) is 134 Å². The van der Waals surface area contributed by atoms with Gasteiger partial charge in [-0.05, 0) is 149 Å². The van der Waals surface area contributed by atoms with E-state index in [0.717, 1.165) is 68.2 Å². The van der Waals surface area contributed by atoms with Gasteiger partial charge in [-0.1, -0.05) is 44.0 Å². The van der Waals surface area contributed by atoms with Gasteiger partial charge in [-0.25, -0.2) is 19.2 Å². The molecule has 0 N–H and O–H groups in total. The Kier molecular flexibility index (Phi) is 24.0. The molecule has 4 rings (SSSR count). The lowest BCUT2D eigenvalue weighted by Crippen LogP contribution is -2.12. The van der Waals surface area contributed by atoms with E-state index < -0.39 is 17.8 Å². The molecule has 0 bridgehead atoms. The van der Waals surface area contributed by atoms with Crippen LogP contribution in [0.4, 0.5) is 4.39 Å². The van der Waals surface area contributed by atoms with Gasteiger partial charge < -0.3 is 37.9 Å². The van der Waals surface area contributed by atoms with Crippen molar-refractivity contribution >= 4 is 30.3 Å². The molecule has 0 aliphatic rings. The van der Waals surface area contributed by atoms with Gasteiger partial charge in [0.2, 0.25) is 5.83 Å². The minimum Gasteiger partial charge on any atom is -0.494 e. The molecule has 0 saturated heterocycles. The van der Waals surface area contributed by atoms with Crippen LogP contribution in [0.3, 0.4) is 0 Å². The van der Waals surface area contributed by atoms with E-state index in [1.54, 1.807) is 86.6 Å². The number of unbranched alkanes of at least 4 members (excludes halogenated alkanes) is 6. The van der Waals surface area contributed by atoms with Crippen molar-refractivity contribution in [2.24, 2.45) is 0 Å². The summed E-state index contributed by atoms with van der Waals surface area (Å²) < 4.78 is 54.3. The number of carbonyl (C=O) groups excluding carboxylic acids is 5. The molecule has 0 spiro atoms. The van der Waals surface area contributed by atoms with E-state index in [1.807, 2.05) is 24.3 Å². The molecule has 0 amide bonds. The first kappa shape index (κ1) is 52.1. The minimum atomic E-state index is -1.15. The number of rotatable bonds is 28. The molecule has 0 aliphatic carbocycles. The van der Waals surface area contributed by atoms with E-state index in [0.29, 0.717) is 72.6 Å². The summed E-state index contributed by atoms with van der Waals surface area (Å²) in [6.07, 6.45) is 7.32. The van der Waals surface area contributed by atoms with E-state index in [2.05, 4.69) is 24.5 Å². The Morgan fingerprint density at radius 2 is 0.831 bits per heavy atom. The van der Waals surface area contributed by atoms with Crippen LogP contribution < -0.4 is 23.7 Å². The van der Waals surface area contributed by atoms with Gasteiger partial charge in [0.05, 0.1) is 32.0 Å². The molecule has 0 heterocycles. The van der Waals surface area contributed by atoms with Crippen LogP contribution >= 0.6 is 0 Å². The maximum Gasteiger partial charge on any atom is 0.366 e. The third kappa shape index (κ3) is 21.6.